The number of furan rings is 1. The van der Waals surface area contributed by atoms with E-state index >= 15 is 0 Å². The Morgan fingerprint density at radius 2 is 1.96 bits per heavy atom. The molecule has 0 spiro atoms. The highest BCUT2D eigenvalue weighted by Gasteiger charge is 2.15. The SMILES string of the molecule is Cc1ccc(CNC(=O)c2csc(NC(=O)c3ccc(F)c(F)c3)n2)o1. The van der Waals surface area contributed by atoms with Crippen molar-refractivity contribution in [3.8, 4) is 0 Å². The Morgan fingerprint density at radius 3 is 2.65 bits per heavy atom. The summed E-state index contributed by atoms with van der Waals surface area (Å²) in [5, 5.41) is 6.73. The van der Waals surface area contributed by atoms with Crippen LogP contribution in [0, 0.1) is 18.6 Å². The van der Waals surface area contributed by atoms with Gasteiger partial charge in [-0.3, -0.25) is 14.9 Å². The van der Waals surface area contributed by atoms with Gasteiger partial charge in [0.05, 0.1) is 6.54 Å². The quantitative estimate of drug-likeness (QED) is 0.713. The molecule has 134 valence electrons. The van der Waals surface area contributed by atoms with Crippen LogP contribution in [-0.4, -0.2) is 16.8 Å². The van der Waals surface area contributed by atoms with Gasteiger partial charge in [-0.1, -0.05) is 0 Å². The van der Waals surface area contributed by atoms with Crippen LogP contribution >= 0.6 is 11.3 Å². The maximum atomic E-state index is 13.2. The summed E-state index contributed by atoms with van der Waals surface area (Å²) in [6, 6.07) is 6.35. The number of nitrogens with zero attached hydrogens (tertiary/aromatic N) is 1. The van der Waals surface area contributed by atoms with Crippen molar-refractivity contribution in [3.05, 3.63) is 70.1 Å². The Hall–Kier alpha value is -3.07. The van der Waals surface area contributed by atoms with Crippen LogP contribution < -0.4 is 10.6 Å². The monoisotopic (exact) mass is 377 g/mol. The molecule has 26 heavy (non-hydrogen) atoms. The van der Waals surface area contributed by atoms with Crippen LogP contribution in [0.5, 0.6) is 0 Å². The number of aryl methyl sites for hydroxylation is 1. The number of carbonyl (C=O) groups excluding carboxylic acids is 2. The number of thiazole rings is 1. The molecule has 3 rings (SSSR count). The third-order valence-corrected chi connectivity index (χ3v) is 4.12. The average molecular weight is 377 g/mol. The van der Waals surface area contributed by atoms with Gasteiger partial charge in [0.15, 0.2) is 16.8 Å². The largest absolute Gasteiger partial charge is 0.465 e. The first-order valence-corrected chi connectivity index (χ1v) is 8.36. The van der Waals surface area contributed by atoms with Crippen LogP contribution in [0.1, 0.15) is 32.4 Å². The lowest BCUT2D eigenvalue weighted by Crippen LogP contribution is -2.23. The minimum Gasteiger partial charge on any atom is -0.465 e. The molecule has 2 amide bonds. The van der Waals surface area contributed by atoms with E-state index in [9.17, 15) is 18.4 Å². The number of hydrogen-bond donors (Lipinski definition) is 2. The molecule has 0 unspecified atom stereocenters. The number of carbonyl (C=O) groups is 2. The standard InChI is InChI=1S/C17H13F2N3O3S/c1-9-2-4-11(25-9)7-20-16(24)14-8-26-17(21-14)22-15(23)10-3-5-12(18)13(19)6-10/h2-6,8H,7H2,1H3,(H,20,24)(H,21,22,23). The van der Waals surface area contributed by atoms with E-state index in [1.165, 1.54) is 5.38 Å². The number of halogens is 2. The second kappa shape index (κ2) is 7.44. The summed E-state index contributed by atoms with van der Waals surface area (Å²) >= 11 is 1.04. The van der Waals surface area contributed by atoms with E-state index in [1.54, 1.807) is 19.1 Å². The van der Waals surface area contributed by atoms with Gasteiger partial charge in [-0.05, 0) is 37.3 Å². The Bertz CT molecular complexity index is 968. The maximum absolute atomic E-state index is 13.2. The number of amides is 2. The van der Waals surface area contributed by atoms with Gasteiger partial charge in [0.2, 0.25) is 0 Å². The number of aromatic nitrogens is 1. The van der Waals surface area contributed by atoms with Gasteiger partial charge in [0.1, 0.15) is 17.2 Å². The second-order valence-corrected chi connectivity index (χ2v) is 6.17. The van der Waals surface area contributed by atoms with E-state index in [0.29, 0.717) is 5.76 Å². The van der Waals surface area contributed by atoms with E-state index in [0.717, 1.165) is 35.3 Å². The van der Waals surface area contributed by atoms with E-state index in [1.807, 2.05) is 0 Å². The highest BCUT2D eigenvalue weighted by Crippen LogP contribution is 2.17. The topological polar surface area (TPSA) is 84.2 Å². The van der Waals surface area contributed by atoms with Crippen LogP contribution in [0.4, 0.5) is 13.9 Å². The molecule has 1 aromatic carbocycles. The van der Waals surface area contributed by atoms with Gasteiger partial charge < -0.3 is 9.73 Å². The van der Waals surface area contributed by atoms with E-state index in [4.69, 9.17) is 4.42 Å². The average Bonchev–Trinajstić information content (AvgIpc) is 3.24. The lowest BCUT2D eigenvalue weighted by molar-refractivity contribution is 0.0942. The Kier molecular flexibility index (Phi) is 5.08. The zero-order chi connectivity index (χ0) is 18.7. The first-order chi connectivity index (χ1) is 12.4. The van der Waals surface area contributed by atoms with Crippen LogP contribution in [0.15, 0.2) is 40.1 Å². The predicted molar refractivity (Wildman–Crippen MR) is 91.0 cm³/mol. The molecule has 0 radical (unpaired) electrons. The molecular weight excluding hydrogens is 364 g/mol. The van der Waals surface area contributed by atoms with E-state index < -0.39 is 23.4 Å². The zero-order valence-corrected chi connectivity index (χ0v) is 14.3. The summed E-state index contributed by atoms with van der Waals surface area (Å²) < 4.78 is 31.4. The molecule has 0 aliphatic carbocycles. The first-order valence-electron chi connectivity index (χ1n) is 7.48. The molecule has 0 aliphatic rings. The van der Waals surface area contributed by atoms with Crippen molar-refractivity contribution in [2.45, 2.75) is 13.5 Å². The van der Waals surface area contributed by atoms with Crippen molar-refractivity contribution in [3.63, 3.8) is 0 Å². The normalized spacial score (nSPS) is 10.6. The molecule has 2 N–H and O–H groups in total. The summed E-state index contributed by atoms with van der Waals surface area (Å²) in [4.78, 5) is 28.1. The third-order valence-electron chi connectivity index (χ3n) is 3.36. The molecule has 2 aromatic heterocycles. The summed E-state index contributed by atoms with van der Waals surface area (Å²) in [5.74, 6) is -1.89. The van der Waals surface area contributed by atoms with Gasteiger partial charge in [-0.25, -0.2) is 13.8 Å². The molecule has 0 atom stereocenters. The molecule has 0 fully saturated rings. The maximum Gasteiger partial charge on any atom is 0.271 e. The van der Waals surface area contributed by atoms with Crippen molar-refractivity contribution in [2.24, 2.45) is 0 Å². The predicted octanol–water partition coefficient (Wildman–Crippen LogP) is 3.51. The summed E-state index contributed by atoms with van der Waals surface area (Å²) in [6.07, 6.45) is 0. The first kappa shape index (κ1) is 17.7. The Balaban J connectivity index is 1.60. The number of nitrogens with one attached hydrogen (secondary N) is 2. The molecule has 0 aliphatic heterocycles. The molecule has 3 aromatic rings. The molecule has 0 saturated carbocycles. The van der Waals surface area contributed by atoms with Gasteiger partial charge in [0.25, 0.3) is 11.8 Å². The molecule has 2 heterocycles. The van der Waals surface area contributed by atoms with Crippen molar-refractivity contribution < 1.29 is 22.8 Å². The smallest absolute Gasteiger partial charge is 0.271 e. The molecule has 0 bridgehead atoms. The van der Waals surface area contributed by atoms with Crippen LogP contribution in [-0.2, 0) is 6.54 Å². The second-order valence-electron chi connectivity index (χ2n) is 5.32. The minimum absolute atomic E-state index is 0.0571. The summed E-state index contributed by atoms with van der Waals surface area (Å²) in [5.41, 5.74) is 0.0668. The van der Waals surface area contributed by atoms with Crippen molar-refractivity contribution in [1.82, 2.24) is 10.3 Å². The number of rotatable bonds is 5. The van der Waals surface area contributed by atoms with Gasteiger partial charge >= 0.3 is 0 Å². The Labute approximate surface area is 150 Å². The fraction of sp³-hybridized carbons (Fsp3) is 0.118. The van der Waals surface area contributed by atoms with Crippen molar-refractivity contribution in [2.75, 3.05) is 5.32 Å². The van der Waals surface area contributed by atoms with Crippen LogP contribution in [0.25, 0.3) is 0 Å². The lowest BCUT2D eigenvalue weighted by Gasteiger charge is -2.02. The third kappa shape index (κ3) is 4.12. The lowest BCUT2D eigenvalue weighted by atomic mass is 10.2. The van der Waals surface area contributed by atoms with Gasteiger partial charge in [-0.15, -0.1) is 11.3 Å². The van der Waals surface area contributed by atoms with E-state index in [-0.39, 0.29) is 22.9 Å². The summed E-state index contributed by atoms with van der Waals surface area (Å²) in [7, 11) is 0. The number of anilines is 1. The van der Waals surface area contributed by atoms with Gasteiger partial charge in [0, 0.05) is 10.9 Å². The fourth-order valence-electron chi connectivity index (χ4n) is 2.08. The van der Waals surface area contributed by atoms with Crippen molar-refractivity contribution >= 4 is 28.3 Å². The number of hydrogen-bond acceptors (Lipinski definition) is 5. The van der Waals surface area contributed by atoms with E-state index in [2.05, 4.69) is 15.6 Å². The minimum atomic E-state index is -1.12. The van der Waals surface area contributed by atoms with Crippen LogP contribution in [0.3, 0.4) is 0 Å². The highest BCUT2D eigenvalue weighted by atomic mass is 32.1. The van der Waals surface area contributed by atoms with Crippen LogP contribution in [0.2, 0.25) is 0 Å². The zero-order valence-electron chi connectivity index (χ0n) is 13.5. The molecular formula is C17H13F2N3O3S. The fourth-order valence-corrected chi connectivity index (χ4v) is 2.77. The highest BCUT2D eigenvalue weighted by molar-refractivity contribution is 7.14. The van der Waals surface area contributed by atoms with Crippen molar-refractivity contribution in [1.29, 1.82) is 0 Å². The molecule has 0 saturated heterocycles. The Morgan fingerprint density at radius 1 is 1.15 bits per heavy atom. The molecule has 9 heteroatoms. The molecule has 6 nitrogen and oxygen atoms in total. The number of benzene rings is 1. The summed E-state index contributed by atoms with van der Waals surface area (Å²) in [6.45, 7) is 2.01. The van der Waals surface area contributed by atoms with Gasteiger partial charge in [-0.2, -0.15) is 0 Å².